The van der Waals surface area contributed by atoms with Gasteiger partial charge in [-0.05, 0) is 25.3 Å². The van der Waals surface area contributed by atoms with Crippen LogP contribution in [0.3, 0.4) is 0 Å². The van der Waals surface area contributed by atoms with Gasteiger partial charge in [0.25, 0.3) is 0 Å². The van der Waals surface area contributed by atoms with Crippen LogP contribution in [0.15, 0.2) is 17.4 Å². The maximum atomic E-state index is 13.1. The fourth-order valence-electron chi connectivity index (χ4n) is 4.27. The number of nitrogens with zero attached hydrogens (tertiary/aromatic N) is 4. The number of aromatic nitrogens is 3. The summed E-state index contributed by atoms with van der Waals surface area (Å²) < 4.78 is 64.4. The average molecular weight is 497 g/mol. The number of hydrogen-bond acceptors (Lipinski definition) is 6. The monoisotopic (exact) mass is 496 g/mol. The van der Waals surface area contributed by atoms with Crippen molar-refractivity contribution in [1.29, 1.82) is 0 Å². The van der Waals surface area contributed by atoms with E-state index < -0.39 is 21.6 Å². The minimum Gasteiger partial charge on any atom is -0.335 e. The van der Waals surface area contributed by atoms with E-state index in [-0.39, 0.29) is 51.1 Å². The van der Waals surface area contributed by atoms with Gasteiger partial charge in [-0.3, -0.25) is 9.20 Å². The third-order valence-corrected chi connectivity index (χ3v) is 8.64. The summed E-state index contributed by atoms with van der Waals surface area (Å²) in [7, 11) is -3.16. The lowest BCUT2D eigenvalue weighted by Crippen LogP contribution is -2.47. The molecule has 0 aromatic carbocycles. The molecule has 2 aliphatic rings. The highest BCUT2D eigenvalue weighted by Gasteiger charge is 2.39. The molecule has 1 saturated heterocycles. The number of halogens is 4. The Hall–Kier alpha value is -1.53. The zero-order chi connectivity index (χ0) is 22.4. The quantitative estimate of drug-likeness (QED) is 0.589. The molecular formula is C18H20ClF3N4O3S2. The van der Waals surface area contributed by atoms with Crippen molar-refractivity contribution in [3.63, 3.8) is 0 Å². The number of alkyl halides is 3. The number of carbonyl (C=O) groups is 1. The van der Waals surface area contributed by atoms with Crippen molar-refractivity contribution in [2.75, 3.05) is 17.3 Å². The van der Waals surface area contributed by atoms with Gasteiger partial charge in [0.05, 0.1) is 27.8 Å². The van der Waals surface area contributed by atoms with E-state index >= 15 is 0 Å². The first kappa shape index (κ1) is 22.7. The van der Waals surface area contributed by atoms with Gasteiger partial charge in [0.15, 0.2) is 20.6 Å². The largest absolute Gasteiger partial charge is 0.417 e. The number of sulfone groups is 1. The molecule has 0 unspecified atom stereocenters. The first-order valence-electron chi connectivity index (χ1n) is 9.81. The SMILES string of the molecule is O=C(CSc1nnc2c(Cl)cc(C(F)(F)F)cn12)N(C1CCCC1)[C@@H]1CCS(=O)(=O)C1. The Morgan fingerprint density at radius 2 is 1.94 bits per heavy atom. The molecule has 1 aliphatic heterocycles. The van der Waals surface area contributed by atoms with E-state index in [1.807, 2.05) is 0 Å². The van der Waals surface area contributed by atoms with Crippen molar-refractivity contribution in [3.05, 3.63) is 22.8 Å². The van der Waals surface area contributed by atoms with Crippen molar-refractivity contribution in [1.82, 2.24) is 19.5 Å². The van der Waals surface area contributed by atoms with E-state index in [1.165, 1.54) is 0 Å². The molecule has 1 atom stereocenters. The summed E-state index contributed by atoms with van der Waals surface area (Å²) in [5.41, 5.74) is -0.874. The van der Waals surface area contributed by atoms with Gasteiger partial charge in [0.1, 0.15) is 0 Å². The van der Waals surface area contributed by atoms with Crippen molar-refractivity contribution in [2.24, 2.45) is 0 Å². The molecule has 1 aliphatic carbocycles. The van der Waals surface area contributed by atoms with Gasteiger partial charge in [-0.1, -0.05) is 36.2 Å². The van der Waals surface area contributed by atoms with Gasteiger partial charge in [0, 0.05) is 18.3 Å². The molecule has 170 valence electrons. The summed E-state index contributed by atoms with van der Waals surface area (Å²) >= 11 is 6.89. The standard InChI is InChI=1S/C18H20ClF3N4O3S2/c19-14-7-11(18(20,21)22)8-25-16(14)23-24-17(25)30-9-15(27)26(12-3-1-2-4-12)13-5-6-31(28,29)10-13/h7-8,12-13H,1-6,9-10H2/t13-/m1/s1. The molecule has 1 saturated carbocycles. The van der Waals surface area contributed by atoms with E-state index in [4.69, 9.17) is 11.6 Å². The Morgan fingerprint density at radius 1 is 1.23 bits per heavy atom. The number of fused-ring (bicyclic) bond motifs is 1. The number of hydrogen-bond donors (Lipinski definition) is 0. The van der Waals surface area contributed by atoms with Crippen LogP contribution in [0.5, 0.6) is 0 Å². The molecule has 7 nitrogen and oxygen atoms in total. The minimum absolute atomic E-state index is 0.00665. The number of pyridine rings is 1. The van der Waals surface area contributed by atoms with Crippen molar-refractivity contribution >= 4 is 44.8 Å². The van der Waals surface area contributed by atoms with Crippen LogP contribution in [-0.4, -0.2) is 63.2 Å². The summed E-state index contributed by atoms with van der Waals surface area (Å²) in [4.78, 5) is 14.8. The summed E-state index contributed by atoms with van der Waals surface area (Å²) in [5.74, 6) is -0.302. The minimum atomic E-state index is -4.59. The topological polar surface area (TPSA) is 84.6 Å². The molecule has 2 fully saturated rings. The number of carbonyl (C=O) groups excluding carboxylic acids is 1. The second kappa shape index (κ2) is 8.43. The van der Waals surface area contributed by atoms with E-state index in [0.717, 1.165) is 54.1 Å². The Balaban J connectivity index is 1.55. The highest BCUT2D eigenvalue weighted by atomic mass is 35.5. The Bertz CT molecular complexity index is 1100. The molecule has 0 bridgehead atoms. The van der Waals surface area contributed by atoms with Crippen LogP contribution in [0.25, 0.3) is 5.65 Å². The third-order valence-electron chi connectivity index (χ3n) is 5.69. The lowest BCUT2D eigenvalue weighted by molar-refractivity contribution is -0.138. The molecule has 0 spiro atoms. The second-order valence-electron chi connectivity index (χ2n) is 7.84. The van der Waals surface area contributed by atoms with Crippen molar-refractivity contribution in [3.8, 4) is 0 Å². The molecule has 2 aromatic rings. The predicted octanol–water partition coefficient (Wildman–Crippen LogP) is 3.45. The van der Waals surface area contributed by atoms with Crippen LogP contribution in [0, 0.1) is 0 Å². The van der Waals surface area contributed by atoms with Crippen LogP contribution in [0.1, 0.15) is 37.7 Å². The zero-order valence-electron chi connectivity index (χ0n) is 16.3. The molecule has 31 heavy (non-hydrogen) atoms. The lowest BCUT2D eigenvalue weighted by Gasteiger charge is -2.34. The van der Waals surface area contributed by atoms with Gasteiger partial charge < -0.3 is 4.90 Å². The fraction of sp³-hybridized carbons (Fsp3) is 0.611. The molecular weight excluding hydrogens is 477 g/mol. The van der Waals surface area contributed by atoms with Gasteiger partial charge in [-0.15, -0.1) is 10.2 Å². The molecule has 0 N–H and O–H groups in total. The van der Waals surface area contributed by atoms with Crippen LogP contribution in [0.4, 0.5) is 13.2 Å². The molecule has 0 radical (unpaired) electrons. The van der Waals surface area contributed by atoms with Crippen molar-refractivity contribution in [2.45, 2.75) is 55.5 Å². The molecule has 3 heterocycles. The van der Waals surface area contributed by atoms with Crippen LogP contribution in [0.2, 0.25) is 5.02 Å². The van der Waals surface area contributed by atoms with Crippen LogP contribution >= 0.6 is 23.4 Å². The van der Waals surface area contributed by atoms with E-state index in [0.29, 0.717) is 6.42 Å². The van der Waals surface area contributed by atoms with Crippen LogP contribution in [-0.2, 0) is 20.8 Å². The molecule has 1 amide bonds. The van der Waals surface area contributed by atoms with Gasteiger partial charge in [-0.2, -0.15) is 13.2 Å². The first-order chi connectivity index (χ1) is 14.5. The Morgan fingerprint density at radius 3 is 2.55 bits per heavy atom. The highest BCUT2D eigenvalue weighted by molar-refractivity contribution is 7.99. The summed E-state index contributed by atoms with van der Waals surface area (Å²) in [5, 5.41) is 7.64. The molecule has 4 rings (SSSR count). The molecule has 2 aromatic heterocycles. The zero-order valence-corrected chi connectivity index (χ0v) is 18.7. The fourth-order valence-corrected chi connectivity index (χ4v) is 7.01. The molecule has 13 heteroatoms. The normalized spacial score (nSPS) is 21.7. The average Bonchev–Trinajstić information content (AvgIpc) is 3.40. The van der Waals surface area contributed by atoms with Crippen molar-refractivity contribution < 1.29 is 26.4 Å². The van der Waals surface area contributed by atoms with E-state index in [1.54, 1.807) is 4.90 Å². The van der Waals surface area contributed by atoms with Gasteiger partial charge >= 0.3 is 6.18 Å². The smallest absolute Gasteiger partial charge is 0.335 e. The maximum absolute atomic E-state index is 13.1. The Labute approximate surface area is 186 Å². The summed E-state index contributed by atoms with van der Waals surface area (Å²) in [6, 6.07) is 0.420. The summed E-state index contributed by atoms with van der Waals surface area (Å²) in [6.45, 7) is 0. The predicted molar refractivity (Wildman–Crippen MR) is 110 cm³/mol. The van der Waals surface area contributed by atoms with Crippen LogP contribution < -0.4 is 0 Å². The maximum Gasteiger partial charge on any atom is 0.417 e. The van der Waals surface area contributed by atoms with E-state index in [9.17, 15) is 26.4 Å². The number of thioether (sulfide) groups is 1. The highest BCUT2D eigenvalue weighted by Crippen LogP contribution is 2.34. The third kappa shape index (κ3) is 4.80. The lowest BCUT2D eigenvalue weighted by atomic mass is 10.1. The second-order valence-corrected chi connectivity index (χ2v) is 11.4. The summed E-state index contributed by atoms with van der Waals surface area (Å²) in [6.07, 6.45) is 0.285. The number of amides is 1. The van der Waals surface area contributed by atoms with E-state index in [2.05, 4.69) is 10.2 Å². The first-order valence-corrected chi connectivity index (χ1v) is 13.0. The van der Waals surface area contributed by atoms with Gasteiger partial charge in [0.2, 0.25) is 5.91 Å². The Kier molecular flexibility index (Phi) is 6.16. The number of rotatable bonds is 5. The van der Waals surface area contributed by atoms with Gasteiger partial charge in [-0.25, -0.2) is 8.42 Å².